The molecule has 0 unspecified atom stereocenters. The van der Waals surface area contributed by atoms with Crippen molar-refractivity contribution < 1.29 is 17.6 Å². The molecule has 0 saturated carbocycles. The minimum absolute atomic E-state index is 0.159. The fourth-order valence-corrected chi connectivity index (χ4v) is 6.32. The molecule has 0 bridgehead atoms. The number of carbonyl (C=O) groups is 1. The van der Waals surface area contributed by atoms with Crippen LogP contribution >= 0.6 is 15.9 Å². The summed E-state index contributed by atoms with van der Waals surface area (Å²) < 4.78 is 31.8. The van der Waals surface area contributed by atoms with Gasteiger partial charge in [-0.2, -0.15) is 0 Å². The predicted octanol–water partition coefficient (Wildman–Crippen LogP) is 3.19. The highest BCUT2D eigenvalue weighted by Crippen LogP contribution is 2.33. The molecule has 0 atom stereocenters. The van der Waals surface area contributed by atoms with Crippen molar-refractivity contribution in [1.82, 2.24) is 9.80 Å². The van der Waals surface area contributed by atoms with Gasteiger partial charge in [-0.1, -0.05) is 0 Å². The van der Waals surface area contributed by atoms with Crippen LogP contribution in [0.4, 0.5) is 11.4 Å². The molecule has 5 rings (SSSR count). The van der Waals surface area contributed by atoms with E-state index in [1.165, 1.54) is 0 Å². The van der Waals surface area contributed by atoms with E-state index in [0.717, 1.165) is 54.6 Å². The molecule has 3 aromatic rings. The van der Waals surface area contributed by atoms with Crippen LogP contribution in [0.1, 0.15) is 27.0 Å². The summed E-state index contributed by atoms with van der Waals surface area (Å²) in [7, 11) is -1.33. The van der Waals surface area contributed by atoms with Crippen LogP contribution in [-0.2, 0) is 23.0 Å². The van der Waals surface area contributed by atoms with Crippen LogP contribution in [0.3, 0.4) is 0 Å². The smallest absolute Gasteiger partial charge is 0.341 e. The Balaban J connectivity index is 1.42. The molecule has 2 aliphatic rings. The third-order valence-electron chi connectivity index (χ3n) is 7.13. The first-order valence-corrected chi connectivity index (χ1v) is 14.8. The summed E-state index contributed by atoms with van der Waals surface area (Å²) in [5, 5.41) is 0.927. The van der Waals surface area contributed by atoms with Gasteiger partial charge in [0.1, 0.15) is 5.58 Å². The molecule has 3 heterocycles. The molecular weight excluding hydrogens is 560 g/mol. The molecule has 37 heavy (non-hydrogen) atoms. The van der Waals surface area contributed by atoms with Crippen molar-refractivity contribution in [2.45, 2.75) is 19.9 Å². The van der Waals surface area contributed by atoms with Crippen LogP contribution in [0.5, 0.6) is 0 Å². The highest BCUT2D eigenvalue weighted by Gasteiger charge is 2.28. The Labute approximate surface area is 224 Å². The molecule has 196 valence electrons. The number of carbonyl (C=O) groups excluding carboxylic acids is 1. The Morgan fingerprint density at radius 1 is 1.05 bits per heavy atom. The molecule has 11 heteroatoms. The number of anilines is 2. The summed E-state index contributed by atoms with van der Waals surface area (Å²) in [6, 6.07) is 8.85. The summed E-state index contributed by atoms with van der Waals surface area (Å²) in [6.45, 7) is 6.46. The maximum atomic E-state index is 13.3. The minimum Gasteiger partial charge on any atom is -0.422 e. The monoisotopic (exact) mass is 588 g/mol. The van der Waals surface area contributed by atoms with Crippen LogP contribution < -0.4 is 15.2 Å². The highest BCUT2D eigenvalue weighted by atomic mass is 79.9. The van der Waals surface area contributed by atoms with Gasteiger partial charge in [-0.15, -0.1) is 0 Å². The molecule has 9 nitrogen and oxygen atoms in total. The SMILES string of the molecule is Cc1c(N2CCN(C)CC2)ccc2c3c(c(=O)oc12)CN(C(=O)c1ccc(NS(C)(=O)=O)c(Br)c1)CC3. The lowest BCUT2D eigenvalue weighted by Crippen LogP contribution is -2.44. The zero-order valence-corrected chi connectivity index (χ0v) is 23.4. The number of benzene rings is 2. The number of amides is 1. The molecule has 0 radical (unpaired) electrons. The van der Waals surface area contributed by atoms with Crippen molar-refractivity contribution in [1.29, 1.82) is 0 Å². The maximum absolute atomic E-state index is 13.3. The number of rotatable bonds is 4. The molecule has 1 aromatic heterocycles. The van der Waals surface area contributed by atoms with E-state index in [2.05, 4.69) is 43.6 Å². The lowest BCUT2D eigenvalue weighted by Gasteiger charge is -2.35. The maximum Gasteiger partial charge on any atom is 0.341 e. The number of halogens is 1. The highest BCUT2D eigenvalue weighted by molar-refractivity contribution is 9.10. The number of hydrogen-bond acceptors (Lipinski definition) is 7. The van der Waals surface area contributed by atoms with Crippen molar-refractivity contribution >= 4 is 54.2 Å². The first kappa shape index (κ1) is 25.7. The summed E-state index contributed by atoms with van der Waals surface area (Å²) in [5.74, 6) is -0.238. The molecule has 1 N–H and O–H groups in total. The zero-order valence-electron chi connectivity index (χ0n) is 21.0. The quantitative estimate of drug-likeness (QED) is 0.467. The number of nitrogens with one attached hydrogen (secondary N) is 1. The molecule has 1 fully saturated rings. The third kappa shape index (κ3) is 5.12. The molecule has 0 spiro atoms. The van der Waals surface area contributed by atoms with Crippen LogP contribution in [0.25, 0.3) is 11.0 Å². The normalized spacial score (nSPS) is 16.6. The van der Waals surface area contributed by atoms with Crippen molar-refractivity contribution in [3.8, 4) is 0 Å². The van der Waals surface area contributed by atoms with Gasteiger partial charge in [0, 0.05) is 59.4 Å². The summed E-state index contributed by atoms with van der Waals surface area (Å²) >= 11 is 3.33. The van der Waals surface area contributed by atoms with Crippen LogP contribution in [0, 0.1) is 6.92 Å². The van der Waals surface area contributed by atoms with E-state index in [-0.39, 0.29) is 12.5 Å². The average molecular weight is 590 g/mol. The van der Waals surface area contributed by atoms with E-state index in [4.69, 9.17) is 4.42 Å². The van der Waals surface area contributed by atoms with Crippen LogP contribution in [-0.4, -0.2) is 70.2 Å². The molecule has 1 amide bonds. The number of hydrogen-bond donors (Lipinski definition) is 1. The van der Waals surface area contributed by atoms with E-state index in [0.29, 0.717) is 39.8 Å². The Bertz CT molecular complexity index is 1560. The Morgan fingerprint density at radius 2 is 1.78 bits per heavy atom. The van der Waals surface area contributed by atoms with Gasteiger partial charge >= 0.3 is 5.63 Å². The number of nitrogens with zero attached hydrogens (tertiary/aromatic N) is 3. The first-order chi connectivity index (χ1) is 17.5. The molecule has 2 aromatic carbocycles. The molecule has 1 saturated heterocycles. The summed E-state index contributed by atoms with van der Waals surface area (Å²) in [4.78, 5) is 32.6. The van der Waals surface area contributed by atoms with E-state index in [1.54, 1.807) is 23.1 Å². The molecular formula is C26H29BrN4O5S. The van der Waals surface area contributed by atoms with Crippen LogP contribution in [0.15, 0.2) is 44.0 Å². The Morgan fingerprint density at radius 3 is 2.46 bits per heavy atom. The average Bonchev–Trinajstić information content (AvgIpc) is 2.85. The standard InChI is InChI=1S/C26H29BrN4O5S/c1-16-23(30-12-10-29(2)11-13-30)7-5-19-18-8-9-31(15-20(18)26(33)36-24(16)19)25(32)17-4-6-22(21(27)14-17)28-37(3,34)35/h4-7,14,28H,8-13,15H2,1-3H3. The second-order valence-corrected chi connectivity index (χ2v) is 12.4. The number of sulfonamides is 1. The number of likely N-dealkylation sites (N-methyl/N-ethyl adjacent to an activating group) is 1. The van der Waals surface area contributed by atoms with Crippen molar-refractivity contribution in [3.05, 3.63) is 67.5 Å². The largest absolute Gasteiger partial charge is 0.422 e. The second kappa shape index (κ2) is 9.77. The fraction of sp³-hybridized carbons (Fsp3) is 0.385. The van der Waals surface area contributed by atoms with Crippen LogP contribution in [0.2, 0.25) is 0 Å². The Kier molecular flexibility index (Phi) is 6.80. The zero-order chi connectivity index (χ0) is 26.5. The Hall–Kier alpha value is -2.89. The van der Waals surface area contributed by atoms with E-state index in [9.17, 15) is 18.0 Å². The van der Waals surface area contributed by atoms with Gasteiger partial charge in [0.15, 0.2) is 0 Å². The third-order valence-corrected chi connectivity index (χ3v) is 8.38. The number of fused-ring (bicyclic) bond motifs is 3. The van der Waals surface area contributed by atoms with Gasteiger partial charge in [-0.3, -0.25) is 9.52 Å². The van der Waals surface area contributed by atoms with Gasteiger partial charge < -0.3 is 19.1 Å². The molecule has 2 aliphatic heterocycles. The van der Waals surface area contributed by atoms with Gasteiger partial charge in [0.2, 0.25) is 10.0 Å². The predicted molar refractivity (Wildman–Crippen MR) is 148 cm³/mol. The lowest BCUT2D eigenvalue weighted by molar-refractivity contribution is 0.0733. The molecule has 0 aliphatic carbocycles. The van der Waals surface area contributed by atoms with Gasteiger partial charge in [0.05, 0.1) is 24.1 Å². The van der Waals surface area contributed by atoms with Crippen molar-refractivity contribution in [3.63, 3.8) is 0 Å². The number of piperazine rings is 1. The van der Waals surface area contributed by atoms with E-state index >= 15 is 0 Å². The summed E-state index contributed by atoms with van der Waals surface area (Å²) in [6.07, 6.45) is 1.61. The lowest BCUT2D eigenvalue weighted by atomic mass is 9.95. The number of aryl methyl sites for hydroxylation is 1. The van der Waals surface area contributed by atoms with Crippen molar-refractivity contribution in [2.75, 3.05) is 55.6 Å². The van der Waals surface area contributed by atoms with Gasteiger partial charge in [0.25, 0.3) is 5.91 Å². The van der Waals surface area contributed by atoms with Gasteiger partial charge in [-0.25, -0.2) is 13.2 Å². The van der Waals surface area contributed by atoms with Gasteiger partial charge in [-0.05, 0) is 72.2 Å². The summed E-state index contributed by atoms with van der Waals surface area (Å²) in [5.41, 5.74) is 4.47. The topological polar surface area (TPSA) is 103 Å². The minimum atomic E-state index is -3.45. The van der Waals surface area contributed by atoms with E-state index in [1.807, 2.05) is 13.0 Å². The van der Waals surface area contributed by atoms with E-state index < -0.39 is 15.6 Å². The van der Waals surface area contributed by atoms with Crippen molar-refractivity contribution in [2.24, 2.45) is 0 Å². The first-order valence-electron chi connectivity index (χ1n) is 12.1. The fourth-order valence-electron chi connectivity index (χ4n) is 5.13. The second-order valence-electron chi connectivity index (χ2n) is 9.77.